The standard InChI is InChI=1S/C19H26F2N4OS.HI/c1-13-7-8-16(26-18(20)21)15(10-13)11-24-19(22-3)23-9-5-4-6-17-25-14(2)12-27-17;/h7-8,10,12,18H,4-6,9,11H2,1-3H3,(H2,22,23,24);1H. The molecule has 9 heteroatoms. The molecule has 0 aliphatic heterocycles. The van der Waals surface area contributed by atoms with Crippen molar-refractivity contribution in [3.8, 4) is 5.75 Å². The summed E-state index contributed by atoms with van der Waals surface area (Å²) >= 11 is 1.70. The Morgan fingerprint density at radius 2 is 2.04 bits per heavy atom. The van der Waals surface area contributed by atoms with Crippen LogP contribution in [0.2, 0.25) is 0 Å². The van der Waals surface area contributed by atoms with Gasteiger partial charge >= 0.3 is 6.61 Å². The zero-order valence-corrected chi connectivity index (χ0v) is 19.4. The number of aliphatic imine (C=N–C) groups is 1. The third kappa shape index (κ3) is 8.68. The highest BCUT2D eigenvalue weighted by molar-refractivity contribution is 14.0. The smallest absolute Gasteiger partial charge is 0.387 e. The summed E-state index contributed by atoms with van der Waals surface area (Å²) < 4.78 is 29.7. The second-order valence-electron chi connectivity index (χ2n) is 6.18. The largest absolute Gasteiger partial charge is 0.434 e. The predicted octanol–water partition coefficient (Wildman–Crippen LogP) is 4.67. The fourth-order valence-electron chi connectivity index (χ4n) is 2.58. The lowest BCUT2D eigenvalue weighted by Gasteiger charge is -2.15. The molecule has 0 aliphatic carbocycles. The van der Waals surface area contributed by atoms with Crippen LogP contribution in [0.3, 0.4) is 0 Å². The average Bonchev–Trinajstić information content (AvgIpc) is 3.04. The number of alkyl halides is 2. The zero-order chi connectivity index (χ0) is 19.6. The quantitative estimate of drug-likeness (QED) is 0.217. The number of aromatic nitrogens is 1. The van der Waals surface area contributed by atoms with Crippen molar-refractivity contribution in [3.63, 3.8) is 0 Å². The second-order valence-corrected chi connectivity index (χ2v) is 7.12. The van der Waals surface area contributed by atoms with E-state index in [0.717, 1.165) is 37.1 Å². The van der Waals surface area contributed by atoms with E-state index in [2.05, 4.69) is 30.7 Å². The minimum atomic E-state index is -2.84. The normalized spacial score (nSPS) is 11.3. The van der Waals surface area contributed by atoms with Gasteiger partial charge in [0.05, 0.1) is 5.01 Å². The lowest BCUT2D eigenvalue weighted by atomic mass is 10.1. The molecule has 0 unspecified atom stereocenters. The Labute approximate surface area is 186 Å². The van der Waals surface area contributed by atoms with E-state index >= 15 is 0 Å². The van der Waals surface area contributed by atoms with Crippen LogP contribution in [0.1, 0.15) is 34.7 Å². The molecule has 1 heterocycles. The summed E-state index contributed by atoms with van der Waals surface area (Å²) in [5.41, 5.74) is 2.72. The highest BCUT2D eigenvalue weighted by Crippen LogP contribution is 2.22. The van der Waals surface area contributed by atoms with E-state index in [1.54, 1.807) is 30.5 Å². The third-order valence-electron chi connectivity index (χ3n) is 3.88. The highest BCUT2D eigenvalue weighted by atomic mass is 127. The molecule has 1 aromatic carbocycles. The summed E-state index contributed by atoms with van der Waals surface area (Å²) in [5.74, 6) is 0.807. The number of aryl methyl sites for hydroxylation is 3. The average molecular weight is 524 g/mol. The van der Waals surface area contributed by atoms with Crippen LogP contribution in [0.4, 0.5) is 8.78 Å². The highest BCUT2D eigenvalue weighted by Gasteiger charge is 2.10. The SMILES string of the molecule is CN=C(NCCCCc1nc(C)cs1)NCc1cc(C)ccc1OC(F)F.I. The van der Waals surface area contributed by atoms with E-state index in [4.69, 9.17) is 0 Å². The molecule has 5 nitrogen and oxygen atoms in total. The molecule has 0 aliphatic rings. The van der Waals surface area contributed by atoms with Gasteiger partial charge in [-0.1, -0.05) is 17.7 Å². The van der Waals surface area contributed by atoms with Crippen LogP contribution in [0.5, 0.6) is 5.75 Å². The molecule has 0 fully saturated rings. The van der Waals surface area contributed by atoms with Gasteiger partial charge in [-0.05, 0) is 39.2 Å². The number of hydrogen-bond acceptors (Lipinski definition) is 4. The van der Waals surface area contributed by atoms with Gasteiger partial charge in [0.15, 0.2) is 5.96 Å². The molecule has 0 atom stereocenters. The minimum Gasteiger partial charge on any atom is -0.434 e. The molecule has 0 saturated carbocycles. The molecule has 0 amide bonds. The molecule has 2 aromatic rings. The van der Waals surface area contributed by atoms with E-state index in [1.807, 2.05) is 19.9 Å². The van der Waals surface area contributed by atoms with Gasteiger partial charge in [-0.3, -0.25) is 4.99 Å². The number of rotatable bonds is 9. The molecular weight excluding hydrogens is 497 g/mol. The van der Waals surface area contributed by atoms with Crippen LogP contribution < -0.4 is 15.4 Å². The van der Waals surface area contributed by atoms with Crippen LogP contribution in [0.25, 0.3) is 0 Å². The first kappa shape index (κ1) is 24.5. The molecule has 0 bridgehead atoms. The van der Waals surface area contributed by atoms with Crippen molar-refractivity contribution in [2.75, 3.05) is 13.6 Å². The van der Waals surface area contributed by atoms with Gasteiger partial charge in [-0.15, -0.1) is 35.3 Å². The Bertz CT molecular complexity index is 755. The summed E-state index contributed by atoms with van der Waals surface area (Å²) in [6.07, 6.45) is 3.01. The van der Waals surface area contributed by atoms with Crippen molar-refractivity contribution < 1.29 is 13.5 Å². The number of guanidine groups is 1. The molecule has 0 spiro atoms. The zero-order valence-electron chi connectivity index (χ0n) is 16.3. The Morgan fingerprint density at radius 3 is 2.68 bits per heavy atom. The minimum absolute atomic E-state index is 0. The Balaban J connectivity index is 0.00000392. The fraction of sp³-hybridized carbons (Fsp3) is 0.474. The summed E-state index contributed by atoms with van der Waals surface area (Å²) in [5, 5.41) is 9.61. The van der Waals surface area contributed by atoms with Gasteiger partial charge in [0.25, 0.3) is 0 Å². The molecule has 2 rings (SSSR count). The van der Waals surface area contributed by atoms with E-state index in [1.165, 1.54) is 5.01 Å². The maximum Gasteiger partial charge on any atom is 0.387 e. The van der Waals surface area contributed by atoms with Crippen LogP contribution in [0, 0.1) is 13.8 Å². The summed E-state index contributed by atoms with van der Waals surface area (Å²) in [7, 11) is 1.68. The van der Waals surface area contributed by atoms with E-state index < -0.39 is 6.61 Å². The first-order valence-electron chi connectivity index (χ1n) is 8.88. The van der Waals surface area contributed by atoms with Gasteiger partial charge in [0.2, 0.25) is 0 Å². The van der Waals surface area contributed by atoms with E-state index in [9.17, 15) is 8.78 Å². The monoisotopic (exact) mass is 524 g/mol. The third-order valence-corrected chi connectivity index (χ3v) is 4.90. The molecule has 2 N–H and O–H groups in total. The lowest BCUT2D eigenvalue weighted by Crippen LogP contribution is -2.37. The van der Waals surface area contributed by atoms with Gasteiger partial charge in [0, 0.05) is 36.8 Å². The molecule has 156 valence electrons. The van der Waals surface area contributed by atoms with Gasteiger partial charge in [0.1, 0.15) is 5.75 Å². The molecular formula is C19H27F2IN4OS. The Kier molecular flexibility index (Phi) is 11.3. The number of benzene rings is 1. The first-order valence-corrected chi connectivity index (χ1v) is 9.75. The summed E-state index contributed by atoms with van der Waals surface area (Å²) in [6, 6.07) is 5.14. The van der Waals surface area contributed by atoms with Crippen molar-refractivity contribution in [1.82, 2.24) is 15.6 Å². The number of nitrogens with one attached hydrogen (secondary N) is 2. The fourth-order valence-corrected chi connectivity index (χ4v) is 3.40. The van der Waals surface area contributed by atoms with Crippen molar-refractivity contribution in [2.45, 2.75) is 46.3 Å². The van der Waals surface area contributed by atoms with Gasteiger partial charge in [-0.2, -0.15) is 8.78 Å². The number of nitrogens with zero attached hydrogens (tertiary/aromatic N) is 2. The Hall–Kier alpha value is -1.49. The second kappa shape index (κ2) is 12.9. The predicted molar refractivity (Wildman–Crippen MR) is 121 cm³/mol. The van der Waals surface area contributed by atoms with Crippen LogP contribution >= 0.6 is 35.3 Å². The lowest BCUT2D eigenvalue weighted by molar-refractivity contribution is -0.0504. The molecule has 1 aromatic heterocycles. The first-order chi connectivity index (χ1) is 13.0. The Morgan fingerprint density at radius 1 is 1.25 bits per heavy atom. The molecule has 0 radical (unpaired) electrons. The summed E-state index contributed by atoms with van der Waals surface area (Å²) in [4.78, 5) is 8.63. The maximum atomic E-state index is 12.5. The number of halogens is 3. The number of thiazole rings is 1. The van der Waals surface area contributed by atoms with Gasteiger partial charge in [-0.25, -0.2) is 4.98 Å². The number of ether oxygens (including phenoxy) is 1. The van der Waals surface area contributed by atoms with Crippen molar-refractivity contribution >= 4 is 41.3 Å². The van der Waals surface area contributed by atoms with Crippen LogP contribution in [-0.4, -0.2) is 31.1 Å². The van der Waals surface area contributed by atoms with Crippen LogP contribution in [0.15, 0.2) is 28.6 Å². The topological polar surface area (TPSA) is 58.5 Å². The van der Waals surface area contributed by atoms with E-state index in [-0.39, 0.29) is 29.7 Å². The van der Waals surface area contributed by atoms with E-state index in [0.29, 0.717) is 18.1 Å². The molecule has 0 saturated heterocycles. The van der Waals surface area contributed by atoms with Crippen molar-refractivity contribution in [3.05, 3.63) is 45.4 Å². The van der Waals surface area contributed by atoms with Gasteiger partial charge < -0.3 is 15.4 Å². The molecule has 28 heavy (non-hydrogen) atoms. The van der Waals surface area contributed by atoms with Crippen LogP contribution in [-0.2, 0) is 13.0 Å². The maximum absolute atomic E-state index is 12.5. The number of unbranched alkanes of at least 4 members (excludes halogenated alkanes) is 1. The number of hydrogen-bond donors (Lipinski definition) is 2. The van der Waals surface area contributed by atoms with Crippen molar-refractivity contribution in [1.29, 1.82) is 0 Å². The van der Waals surface area contributed by atoms with Crippen molar-refractivity contribution in [2.24, 2.45) is 4.99 Å². The summed E-state index contributed by atoms with van der Waals surface area (Å²) in [6.45, 7) is 2.20.